The summed E-state index contributed by atoms with van der Waals surface area (Å²) in [6, 6.07) is 8.60. The Kier molecular flexibility index (Phi) is 9.05. The summed E-state index contributed by atoms with van der Waals surface area (Å²) < 4.78 is 6.60. The number of aliphatic hydroxyl groups is 1. The minimum Gasteiger partial charge on any atom is -0.396 e. The predicted molar refractivity (Wildman–Crippen MR) is 146 cm³/mol. The largest absolute Gasteiger partial charge is 0.396 e. The standard InChI is InChI=1S/C30H41N3O5/c1-4-7-19-31(17-5-2)29(37)26-30-16-15-23(38-30)24(25(30)28(36)33(26)20-11-12-21-34)27(35)32(18-6-3)22-13-9-8-10-14-22/h5-6,8-10,13-14,23-26,34H,2-4,7,11-12,15-21H2,1H3/t23-,24+,25-,26?,30?/m0/s1. The van der Waals surface area contributed by atoms with Crippen LogP contribution < -0.4 is 4.90 Å². The van der Waals surface area contributed by atoms with Crippen molar-refractivity contribution >= 4 is 23.4 Å². The Labute approximate surface area is 225 Å². The lowest BCUT2D eigenvalue weighted by molar-refractivity contribution is -0.147. The molecule has 8 nitrogen and oxygen atoms in total. The van der Waals surface area contributed by atoms with Crippen LogP contribution in [0.4, 0.5) is 5.69 Å². The molecule has 3 fully saturated rings. The highest BCUT2D eigenvalue weighted by molar-refractivity contribution is 6.03. The highest BCUT2D eigenvalue weighted by atomic mass is 16.5. The van der Waals surface area contributed by atoms with Crippen molar-refractivity contribution in [2.75, 3.05) is 37.7 Å². The molecule has 3 heterocycles. The van der Waals surface area contributed by atoms with Crippen molar-refractivity contribution in [2.24, 2.45) is 11.8 Å². The van der Waals surface area contributed by atoms with Crippen LogP contribution in [0.2, 0.25) is 0 Å². The van der Waals surface area contributed by atoms with Gasteiger partial charge in [-0.2, -0.15) is 0 Å². The number of nitrogens with zero attached hydrogens (tertiary/aromatic N) is 3. The Morgan fingerprint density at radius 3 is 2.53 bits per heavy atom. The van der Waals surface area contributed by atoms with Crippen LogP contribution in [0.3, 0.4) is 0 Å². The number of carbonyl (C=O) groups is 3. The van der Waals surface area contributed by atoms with Gasteiger partial charge >= 0.3 is 0 Å². The van der Waals surface area contributed by atoms with Crippen LogP contribution in [0.1, 0.15) is 45.4 Å². The number of hydrogen-bond acceptors (Lipinski definition) is 5. The first-order valence-corrected chi connectivity index (χ1v) is 13.9. The molecule has 2 bridgehead atoms. The van der Waals surface area contributed by atoms with Crippen LogP contribution in [0.15, 0.2) is 55.6 Å². The molecule has 3 amide bonds. The summed E-state index contributed by atoms with van der Waals surface area (Å²) in [6.45, 7) is 11.4. The zero-order valence-corrected chi connectivity index (χ0v) is 22.5. The van der Waals surface area contributed by atoms with Crippen molar-refractivity contribution in [3.05, 3.63) is 55.6 Å². The molecule has 1 N–H and O–H groups in total. The highest BCUT2D eigenvalue weighted by Gasteiger charge is 2.74. The number of ether oxygens (including phenoxy) is 1. The van der Waals surface area contributed by atoms with Gasteiger partial charge in [0.15, 0.2) is 0 Å². The molecule has 3 aliphatic heterocycles. The highest BCUT2D eigenvalue weighted by Crippen LogP contribution is 2.59. The van der Waals surface area contributed by atoms with Crippen molar-refractivity contribution in [1.82, 2.24) is 9.80 Å². The topological polar surface area (TPSA) is 90.4 Å². The third-order valence-corrected chi connectivity index (χ3v) is 8.21. The second-order valence-corrected chi connectivity index (χ2v) is 10.5. The Morgan fingerprint density at radius 2 is 1.87 bits per heavy atom. The summed E-state index contributed by atoms with van der Waals surface area (Å²) in [7, 11) is 0. The van der Waals surface area contributed by atoms with Gasteiger partial charge < -0.3 is 24.5 Å². The molecular weight excluding hydrogens is 482 g/mol. The van der Waals surface area contributed by atoms with Crippen molar-refractivity contribution in [3.8, 4) is 0 Å². The summed E-state index contributed by atoms with van der Waals surface area (Å²) in [5, 5.41) is 9.36. The maximum Gasteiger partial charge on any atom is 0.248 e. The van der Waals surface area contributed by atoms with Gasteiger partial charge in [-0.05, 0) is 44.2 Å². The molecule has 1 aromatic rings. The molecule has 3 saturated heterocycles. The van der Waals surface area contributed by atoms with E-state index in [-0.39, 0.29) is 24.3 Å². The van der Waals surface area contributed by atoms with E-state index in [0.717, 1.165) is 18.5 Å². The maximum absolute atomic E-state index is 14.1. The third-order valence-electron chi connectivity index (χ3n) is 8.21. The molecule has 0 radical (unpaired) electrons. The fourth-order valence-corrected chi connectivity index (χ4v) is 6.56. The van der Waals surface area contributed by atoms with Gasteiger partial charge in [-0.1, -0.05) is 43.7 Å². The first-order valence-electron chi connectivity index (χ1n) is 13.9. The zero-order valence-electron chi connectivity index (χ0n) is 22.5. The SMILES string of the molecule is C=CCN(CCCC)C(=O)C1N(CCCCO)C(=O)[C@@H]2[C@H](C(=O)N(CC=C)c3ccccc3)[C@@H]3CCC12O3. The Hall–Kier alpha value is -2.97. The number of para-hydroxylation sites is 1. The molecule has 0 aromatic heterocycles. The second-order valence-electron chi connectivity index (χ2n) is 10.5. The summed E-state index contributed by atoms with van der Waals surface area (Å²) in [5.74, 6) is -1.89. The Balaban J connectivity index is 1.71. The van der Waals surface area contributed by atoms with Crippen LogP contribution in [0.25, 0.3) is 0 Å². The number of unbranched alkanes of at least 4 members (excludes halogenated alkanes) is 2. The van der Waals surface area contributed by atoms with Crippen LogP contribution in [0.5, 0.6) is 0 Å². The molecule has 2 unspecified atom stereocenters. The van der Waals surface area contributed by atoms with Gasteiger partial charge in [0.05, 0.1) is 17.9 Å². The van der Waals surface area contributed by atoms with Gasteiger partial charge in [-0.15, -0.1) is 13.2 Å². The van der Waals surface area contributed by atoms with Crippen LogP contribution in [-0.4, -0.2) is 83.2 Å². The van der Waals surface area contributed by atoms with E-state index in [0.29, 0.717) is 51.9 Å². The molecule has 1 spiro atoms. The van der Waals surface area contributed by atoms with E-state index in [4.69, 9.17) is 4.74 Å². The lowest BCUT2D eigenvalue weighted by Crippen LogP contribution is -2.56. The van der Waals surface area contributed by atoms with Crippen molar-refractivity contribution in [2.45, 2.75) is 63.2 Å². The number of rotatable bonds is 14. The lowest BCUT2D eigenvalue weighted by Gasteiger charge is -2.37. The molecule has 38 heavy (non-hydrogen) atoms. The summed E-state index contributed by atoms with van der Waals surface area (Å²) >= 11 is 0. The first-order chi connectivity index (χ1) is 18.4. The van der Waals surface area contributed by atoms with Gasteiger partial charge in [-0.25, -0.2) is 0 Å². The lowest BCUT2D eigenvalue weighted by atomic mass is 9.70. The molecule has 1 aromatic carbocycles. The summed E-state index contributed by atoms with van der Waals surface area (Å²) in [4.78, 5) is 47.4. The number of aliphatic hydroxyl groups excluding tert-OH is 1. The van der Waals surface area contributed by atoms with Crippen LogP contribution in [-0.2, 0) is 19.1 Å². The number of hydrogen-bond donors (Lipinski definition) is 1. The van der Waals surface area contributed by atoms with E-state index in [1.807, 2.05) is 30.3 Å². The third kappa shape index (κ3) is 4.92. The number of benzene rings is 1. The van der Waals surface area contributed by atoms with Crippen LogP contribution >= 0.6 is 0 Å². The number of amides is 3. The van der Waals surface area contributed by atoms with Crippen molar-refractivity contribution < 1.29 is 24.2 Å². The van der Waals surface area contributed by atoms with Gasteiger partial charge in [0, 0.05) is 38.5 Å². The van der Waals surface area contributed by atoms with E-state index in [1.165, 1.54) is 0 Å². The van der Waals surface area contributed by atoms with E-state index in [9.17, 15) is 19.5 Å². The summed E-state index contributed by atoms with van der Waals surface area (Å²) in [6.07, 6.45) is 7.05. The minimum absolute atomic E-state index is 0.0155. The van der Waals surface area contributed by atoms with E-state index >= 15 is 0 Å². The zero-order chi connectivity index (χ0) is 27.3. The predicted octanol–water partition coefficient (Wildman–Crippen LogP) is 3.17. The van der Waals surface area contributed by atoms with Gasteiger partial charge in [0.1, 0.15) is 11.6 Å². The van der Waals surface area contributed by atoms with Gasteiger partial charge in [0.2, 0.25) is 17.7 Å². The maximum atomic E-state index is 14.1. The molecule has 4 rings (SSSR count). The van der Waals surface area contributed by atoms with Gasteiger partial charge in [0.25, 0.3) is 0 Å². The van der Waals surface area contributed by atoms with Crippen molar-refractivity contribution in [3.63, 3.8) is 0 Å². The Bertz CT molecular complexity index is 1030. The fourth-order valence-electron chi connectivity index (χ4n) is 6.56. The van der Waals surface area contributed by atoms with E-state index < -0.39 is 29.6 Å². The number of likely N-dealkylation sites (tertiary alicyclic amines) is 1. The molecule has 0 aliphatic carbocycles. The number of anilines is 1. The number of fused-ring (bicyclic) bond motifs is 1. The van der Waals surface area contributed by atoms with E-state index in [2.05, 4.69) is 20.1 Å². The quantitative estimate of drug-likeness (QED) is 0.299. The normalized spacial score (nSPS) is 27.3. The van der Waals surface area contributed by atoms with Crippen molar-refractivity contribution in [1.29, 1.82) is 0 Å². The van der Waals surface area contributed by atoms with E-state index in [1.54, 1.807) is 26.9 Å². The van der Waals surface area contributed by atoms with Crippen LogP contribution in [0, 0.1) is 11.8 Å². The number of carbonyl (C=O) groups excluding carboxylic acids is 3. The molecule has 0 saturated carbocycles. The molecule has 206 valence electrons. The molecule has 5 atom stereocenters. The Morgan fingerprint density at radius 1 is 1.13 bits per heavy atom. The average molecular weight is 524 g/mol. The molecule has 3 aliphatic rings. The molecule has 8 heteroatoms. The average Bonchev–Trinajstić information content (AvgIpc) is 3.57. The minimum atomic E-state index is -1.03. The monoisotopic (exact) mass is 523 g/mol. The molecular formula is C30H41N3O5. The first kappa shape index (κ1) is 28.0. The smallest absolute Gasteiger partial charge is 0.248 e. The summed E-state index contributed by atoms with van der Waals surface area (Å²) in [5.41, 5.74) is -0.288. The fraction of sp³-hybridized carbons (Fsp3) is 0.567. The van der Waals surface area contributed by atoms with Gasteiger partial charge in [-0.3, -0.25) is 14.4 Å². The second kappa shape index (κ2) is 12.3.